The predicted octanol–water partition coefficient (Wildman–Crippen LogP) is 4.24. The monoisotopic (exact) mass is 279 g/mol. The summed E-state index contributed by atoms with van der Waals surface area (Å²) in [5.41, 5.74) is 3.85. The largest absolute Gasteiger partial charge is 0.324 e. The molecule has 0 radical (unpaired) electrons. The molecule has 0 amide bonds. The van der Waals surface area contributed by atoms with Gasteiger partial charge in [0.15, 0.2) is 0 Å². The Balaban J connectivity index is 2.35. The SMILES string of the molecule is C=C(Cl)/C(=C\SC)Nc1nc2c(C)cccc2[nH]1. The van der Waals surface area contributed by atoms with E-state index in [9.17, 15) is 0 Å². The van der Waals surface area contributed by atoms with Gasteiger partial charge in [-0.25, -0.2) is 4.98 Å². The zero-order chi connectivity index (χ0) is 13.1. The van der Waals surface area contributed by atoms with Crippen molar-refractivity contribution in [2.45, 2.75) is 6.92 Å². The normalized spacial score (nSPS) is 11.8. The lowest BCUT2D eigenvalue weighted by atomic mass is 10.2. The number of thioether (sulfide) groups is 1. The minimum atomic E-state index is 0.460. The van der Waals surface area contributed by atoms with E-state index in [1.807, 2.05) is 36.8 Å². The fraction of sp³-hybridized carbons (Fsp3) is 0.154. The third-order valence-electron chi connectivity index (χ3n) is 2.50. The Bertz CT molecular complexity index is 616. The second-order valence-corrected chi connectivity index (χ2v) is 5.02. The molecule has 94 valence electrons. The smallest absolute Gasteiger partial charge is 0.205 e. The Morgan fingerprint density at radius 3 is 2.94 bits per heavy atom. The van der Waals surface area contributed by atoms with Crippen LogP contribution in [0.15, 0.2) is 40.9 Å². The molecule has 2 aromatic rings. The van der Waals surface area contributed by atoms with Crippen LogP contribution in [0.5, 0.6) is 0 Å². The van der Waals surface area contributed by atoms with Gasteiger partial charge in [-0.1, -0.05) is 30.3 Å². The first-order valence-electron chi connectivity index (χ1n) is 5.42. The molecule has 18 heavy (non-hydrogen) atoms. The molecule has 0 atom stereocenters. The van der Waals surface area contributed by atoms with Gasteiger partial charge in [-0.2, -0.15) is 0 Å². The maximum atomic E-state index is 5.92. The summed E-state index contributed by atoms with van der Waals surface area (Å²) in [5, 5.41) is 5.50. The first-order valence-corrected chi connectivity index (χ1v) is 7.08. The summed E-state index contributed by atoms with van der Waals surface area (Å²) >= 11 is 7.48. The molecule has 0 fully saturated rings. The van der Waals surface area contributed by atoms with Crippen LogP contribution < -0.4 is 5.32 Å². The number of hydrogen-bond acceptors (Lipinski definition) is 3. The number of hydrogen-bond donors (Lipinski definition) is 2. The summed E-state index contributed by atoms with van der Waals surface area (Å²) < 4.78 is 0. The molecule has 0 aliphatic carbocycles. The highest BCUT2D eigenvalue weighted by Crippen LogP contribution is 2.21. The first kappa shape index (κ1) is 13.1. The molecule has 0 spiro atoms. The summed E-state index contributed by atoms with van der Waals surface area (Å²) in [7, 11) is 0. The van der Waals surface area contributed by atoms with E-state index in [0.717, 1.165) is 22.3 Å². The van der Waals surface area contributed by atoms with Gasteiger partial charge in [-0.15, -0.1) is 11.8 Å². The van der Waals surface area contributed by atoms with E-state index in [4.69, 9.17) is 11.6 Å². The molecule has 1 heterocycles. The van der Waals surface area contributed by atoms with Gasteiger partial charge in [-0.3, -0.25) is 0 Å². The second kappa shape index (κ2) is 5.50. The van der Waals surface area contributed by atoms with Gasteiger partial charge in [0.05, 0.1) is 21.8 Å². The van der Waals surface area contributed by atoms with Crippen molar-refractivity contribution in [3.63, 3.8) is 0 Å². The van der Waals surface area contributed by atoms with Crippen molar-refractivity contribution < 1.29 is 0 Å². The number of aryl methyl sites for hydroxylation is 1. The van der Waals surface area contributed by atoms with Crippen molar-refractivity contribution in [1.82, 2.24) is 9.97 Å². The molecule has 0 aliphatic rings. The lowest BCUT2D eigenvalue weighted by molar-refractivity contribution is 1.28. The molecule has 1 aromatic heterocycles. The number of benzene rings is 1. The van der Waals surface area contributed by atoms with Crippen molar-refractivity contribution in [3.8, 4) is 0 Å². The van der Waals surface area contributed by atoms with Gasteiger partial charge in [0.1, 0.15) is 0 Å². The number of nitrogens with zero attached hydrogens (tertiary/aromatic N) is 1. The van der Waals surface area contributed by atoms with E-state index in [1.54, 1.807) is 11.8 Å². The highest BCUT2D eigenvalue weighted by atomic mass is 35.5. The van der Waals surface area contributed by atoms with Crippen molar-refractivity contribution in [1.29, 1.82) is 0 Å². The van der Waals surface area contributed by atoms with Crippen LogP contribution in [0.25, 0.3) is 11.0 Å². The Kier molecular flexibility index (Phi) is 3.99. The third-order valence-corrected chi connectivity index (χ3v) is 3.17. The first-order chi connectivity index (χ1) is 8.61. The van der Waals surface area contributed by atoms with Crippen LogP contribution in [0.3, 0.4) is 0 Å². The number of imidazole rings is 1. The maximum Gasteiger partial charge on any atom is 0.205 e. The molecule has 0 aliphatic heterocycles. The van der Waals surface area contributed by atoms with E-state index < -0.39 is 0 Å². The minimum Gasteiger partial charge on any atom is -0.324 e. The zero-order valence-electron chi connectivity index (χ0n) is 10.2. The average Bonchev–Trinajstić information content (AvgIpc) is 2.72. The fourth-order valence-corrected chi connectivity index (χ4v) is 2.24. The Hall–Kier alpha value is -1.39. The summed E-state index contributed by atoms with van der Waals surface area (Å²) in [6.45, 7) is 5.76. The summed E-state index contributed by atoms with van der Waals surface area (Å²) in [6.07, 6.45) is 1.96. The number of aromatic amines is 1. The van der Waals surface area contributed by atoms with Gasteiger partial charge in [0, 0.05) is 0 Å². The van der Waals surface area contributed by atoms with E-state index in [1.165, 1.54) is 0 Å². The van der Waals surface area contributed by atoms with Crippen molar-refractivity contribution in [2.75, 3.05) is 11.6 Å². The second-order valence-electron chi connectivity index (χ2n) is 3.85. The molecule has 0 saturated heterocycles. The minimum absolute atomic E-state index is 0.460. The molecule has 2 N–H and O–H groups in total. The Morgan fingerprint density at radius 1 is 1.56 bits per heavy atom. The van der Waals surface area contributed by atoms with Gasteiger partial charge in [0.25, 0.3) is 0 Å². The molecular weight excluding hydrogens is 266 g/mol. The van der Waals surface area contributed by atoms with Gasteiger partial charge >= 0.3 is 0 Å². The number of rotatable bonds is 4. The Morgan fingerprint density at radius 2 is 2.33 bits per heavy atom. The molecule has 3 nitrogen and oxygen atoms in total. The molecule has 5 heteroatoms. The number of para-hydroxylation sites is 1. The number of allylic oxidation sites excluding steroid dienone is 1. The van der Waals surface area contributed by atoms with E-state index in [0.29, 0.717) is 11.0 Å². The molecule has 1 aromatic carbocycles. The van der Waals surface area contributed by atoms with E-state index in [2.05, 4.69) is 21.9 Å². The van der Waals surface area contributed by atoms with Crippen LogP contribution >= 0.6 is 23.4 Å². The zero-order valence-corrected chi connectivity index (χ0v) is 11.8. The number of aromatic nitrogens is 2. The van der Waals surface area contributed by atoms with Crippen molar-refractivity contribution >= 4 is 40.3 Å². The molecule has 0 saturated carbocycles. The topological polar surface area (TPSA) is 40.7 Å². The van der Waals surface area contributed by atoms with Crippen LogP contribution in [0.4, 0.5) is 5.95 Å². The number of H-pyrrole nitrogens is 1. The summed E-state index contributed by atoms with van der Waals surface area (Å²) in [6, 6.07) is 6.03. The quantitative estimate of drug-likeness (QED) is 0.823. The number of anilines is 1. The van der Waals surface area contributed by atoms with Crippen LogP contribution in [-0.2, 0) is 0 Å². The third kappa shape index (κ3) is 2.71. The summed E-state index contributed by atoms with van der Waals surface area (Å²) in [4.78, 5) is 7.71. The van der Waals surface area contributed by atoms with Crippen LogP contribution in [0, 0.1) is 6.92 Å². The molecule has 0 bridgehead atoms. The maximum absolute atomic E-state index is 5.92. The number of nitrogens with one attached hydrogen (secondary N) is 2. The molecule has 2 rings (SSSR count). The fourth-order valence-electron chi connectivity index (χ4n) is 1.64. The number of fused-ring (bicyclic) bond motifs is 1. The highest BCUT2D eigenvalue weighted by Gasteiger charge is 2.07. The van der Waals surface area contributed by atoms with Crippen molar-refractivity contribution in [2.24, 2.45) is 0 Å². The highest BCUT2D eigenvalue weighted by molar-refractivity contribution is 8.01. The van der Waals surface area contributed by atoms with Crippen LogP contribution in [0.1, 0.15) is 5.56 Å². The lowest BCUT2D eigenvalue weighted by Crippen LogP contribution is -2.00. The van der Waals surface area contributed by atoms with E-state index >= 15 is 0 Å². The van der Waals surface area contributed by atoms with Crippen molar-refractivity contribution in [3.05, 3.63) is 46.5 Å². The molecule has 0 unspecified atom stereocenters. The van der Waals surface area contributed by atoms with Gasteiger partial charge in [0.2, 0.25) is 5.95 Å². The Labute approximate surface area is 115 Å². The average molecular weight is 280 g/mol. The van der Waals surface area contributed by atoms with Gasteiger partial charge < -0.3 is 10.3 Å². The molecular formula is C13H14ClN3S. The van der Waals surface area contributed by atoms with Gasteiger partial charge in [-0.05, 0) is 30.2 Å². The van der Waals surface area contributed by atoms with E-state index in [-0.39, 0.29) is 0 Å². The van der Waals surface area contributed by atoms with Crippen LogP contribution in [0.2, 0.25) is 0 Å². The summed E-state index contributed by atoms with van der Waals surface area (Å²) in [5.74, 6) is 0.668. The lowest BCUT2D eigenvalue weighted by Gasteiger charge is -2.05. The predicted molar refractivity (Wildman–Crippen MR) is 81.0 cm³/mol. The standard InChI is InChI=1S/C13H14ClN3S/c1-8-5-4-6-10-12(8)17-13(15-10)16-11(7-18-3)9(2)14/h4-7H,2H2,1,3H3,(H2,15,16,17)/b11-7+. The van der Waals surface area contributed by atoms with Crippen LogP contribution in [-0.4, -0.2) is 16.2 Å². The number of halogens is 1.